The molecule has 0 fully saturated rings. The van der Waals surface area contributed by atoms with Gasteiger partial charge in [-0.1, -0.05) is 6.07 Å². The summed E-state index contributed by atoms with van der Waals surface area (Å²) in [6.07, 6.45) is 2.87. The van der Waals surface area contributed by atoms with E-state index in [1.165, 1.54) is 29.5 Å². The number of nitrogens with zero attached hydrogens (tertiary/aromatic N) is 4. The van der Waals surface area contributed by atoms with Crippen LogP contribution >= 0.6 is 0 Å². The van der Waals surface area contributed by atoms with Crippen LogP contribution in [0.2, 0.25) is 0 Å². The van der Waals surface area contributed by atoms with E-state index < -0.39 is 23.5 Å². The standard InChI is InChI=1S/C13H12F2N4/c1-9(5-16)12(6-19-8-17-7-18-19)11-3-2-10(14)4-13(11)15/h2-4,7-9,12H,6H2,1H3/t9-,12-/m1/s1. The van der Waals surface area contributed by atoms with Crippen molar-refractivity contribution in [1.29, 1.82) is 5.26 Å². The minimum atomic E-state index is -0.646. The van der Waals surface area contributed by atoms with Crippen LogP contribution in [0.25, 0.3) is 0 Å². The van der Waals surface area contributed by atoms with E-state index >= 15 is 0 Å². The van der Waals surface area contributed by atoms with Crippen LogP contribution in [0.5, 0.6) is 0 Å². The van der Waals surface area contributed by atoms with E-state index in [1.54, 1.807) is 6.92 Å². The van der Waals surface area contributed by atoms with Crippen LogP contribution in [0.1, 0.15) is 18.4 Å². The summed E-state index contributed by atoms with van der Waals surface area (Å²) >= 11 is 0. The SMILES string of the molecule is C[C@H](C#N)[C@@H](Cn1cncn1)c1ccc(F)cc1F. The topological polar surface area (TPSA) is 54.5 Å². The highest BCUT2D eigenvalue weighted by atomic mass is 19.1. The second-order valence-corrected chi connectivity index (χ2v) is 4.31. The molecule has 1 heterocycles. The largest absolute Gasteiger partial charge is 0.252 e. The summed E-state index contributed by atoms with van der Waals surface area (Å²) in [7, 11) is 0. The van der Waals surface area contributed by atoms with Gasteiger partial charge in [0.1, 0.15) is 24.3 Å². The van der Waals surface area contributed by atoms with E-state index in [0.717, 1.165) is 6.07 Å². The lowest BCUT2D eigenvalue weighted by Crippen LogP contribution is -2.17. The van der Waals surface area contributed by atoms with Crippen molar-refractivity contribution in [3.63, 3.8) is 0 Å². The second-order valence-electron chi connectivity index (χ2n) is 4.31. The van der Waals surface area contributed by atoms with Gasteiger partial charge >= 0.3 is 0 Å². The third-order valence-corrected chi connectivity index (χ3v) is 3.02. The van der Waals surface area contributed by atoms with Crippen molar-refractivity contribution in [1.82, 2.24) is 14.8 Å². The van der Waals surface area contributed by atoms with Gasteiger partial charge in [-0.25, -0.2) is 13.8 Å². The van der Waals surface area contributed by atoms with E-state index in [0.29, 0.717) is 12.1 Å². The van der Waals surface area contributed by atoms with E-state index in [1.807, 2.05) is 0 Å². The molecule has 0 aliphatic carbocycles. The van der Waals surface area contributed by atoms with Crippen LogP contribution < -0.4 is 0 Å². The van der Waals surface area contributed by atoms with Crippen LogP contribution in [-0.4, -0.2) is 14.8 Å². The summed E-state index contributed by atoms with van der Waals surface area (Å²) in [5.41, 5.74) is 0.311. The molecule has 0 N–H and O–H groups in total. The van der Waals surface area contributed by atoms with Crippen LogP contribution in [-0.2, 0) is 6.54 Å². The van der Waals surface area contributed by atoms with Gasteiger partial charge in [-0.2, -0.15) is 10.4 Å². The maximum Gasteiger partial charge on any atom is 0.137 e. The predicted molar refractivity (Wildman–Crippen MR) is 63.9 cm³/mol. The molecular formula is C13H12F2N4. The van der Waals surface area contributed by atoms with Gasteiger partial charge in [0.05, 0.1) is 18.5 Å². The first kappa shape index (κ1) is 13.1. The summed E-state index contributed by atoms with van der Waals surface area (Å²) in [5.74, 6) is -2.12. The molecule has 2 atom stereocenters. The van der Waals surface area contributed by atoms with Gasteiger partial charge in [-0.05, 0) is 18.6 Å². The van der Waals surface area contributed by atoms with Crippen molar-refractivity contribution < 1.29 is 8.78 Å². The monoisotopic (exact) mass is 262 g/mol. The fourth-order valence-electron chi connectivity index (χ4n) is 1.95. The number of rotatable bonds is 4. The molecule has 19 heavy (non-hydrogen) atoms. The first-order valence-corrected chi connectivity index (χ1v) is 5.78. The van der Waals surface area contributed by atoms with Crippen molar-refractivity contribution >= 4 is 0 Å². The summed E-state index contributed by atoms with van der Waals surface area (Å²) < 4.78 is 28.3. The van der Waals surface area contributed by atoms with Gasteiger partial charge in [-0.3, -0.25) is 4.68 Å². The van der Waals surface area contributed by atoms with E-state index in [9.17, 15) is 8.78 Å². The molecule has 6 heteroatoms. The zero-order valence-electron chi connectivity index (χ0n) is 10.3. The van der Waals surface area contributed by atoms with E-state index in [-0.39, 0.29) is 0 Å². The Morgan fingerprint density at radius 1 is 1.42 bits per heavy atom. The smallest absolute Gasteiger partial charge is 0.137 e. The van der Waals surface area contributed by atoms with Crippen molar-refractivity contribution in [2.24, 2.45) is 5.92 Å². The first-order valence-electron chi connectivity index (χ1n) is 5.78. The molecule has 0 saturated heterocycles. The zero-order chi connectivity index (χ0) is 13.8. The molecule has 0 aliphatic heterocycles. The van der Waals surface area contributed by atoms with E-state index in [4.69, 9.17) is 5.26 Å². The minimum absolute atomic E-state index is 0.311. The Morgan fingerprint density at radius 3 is 2.79 bits per heavy atom. The Morgan fingerprint density at radius 2 is 2.21 bits per heavy atom. The Bertz CT molecular complexity index is 589. The van der Waals surface area contributed by atoms with Crippen molar-refractivity contribution in [2.45, 2.75) is 19.4 Å². The van der Waals surface area contributed by atoms with Crippen LogP contribution in [0.3, 0.4) is 0 Å². The lowest BCUT2D eigenvalue weighted by molar-refractivity contribution is 0.430. The molecule has 0 spiro atoms. The van der Waals surface area contributed by atoms with Crippen LogP contribution in [0, 0.1) is 28.9 Å². The fraction of sp³-hybridized carbons (Fsp3) is 0.308. The van der Waals surface area contributed by atoms with Gasteiger partial charge in [0.25, 0.3) is 0 Å². The molecule has 0 saturated carbocycles. The summed E-state index contributed by atoms with van der Waals surface area (Å²) in [4.78, 5) is 3.81. The summed E-state index contributed by atoms with van der Waals surface area (Å²) in [6.45, 7) is 2.02. The molecule has 1 aromatic carbocycles. The number of nitriles is 1. The Labute approximate surface area is 109 Å². The van der Waals surface area contributed by atoms with Gasteiger partial charge in [-0.15, -0.1) is 0 Å². The molecule has 0 bridgehead atoms. The molecule has 4 nitrogen and oxygen atoms in total. The third-order valence-electron chi connectivity index (χ3n) is 3.02. The van der Waals surface area contributed by atoms with Gasteiger partial charge in [0, 0.05) is 12.0 Å². The molecule has 0 amide bonds. The quantitative estimate of drug-likeness (QED) is 0.850. The number of hydrogen-bond donors (Lipinski definition) is 0. The lowest BCUT2D eigenvalue weighted by atomic mass is 9.87. The predicted octanol–water partition coefficient (Wildman–Crippen LogP) is 2.50. The molecule has 2 rings (SSSR count). The van der Waals surface area contributed by atoms with E-state index in [2.05, 4.69) is 16.2 Å². The molecule has 0 radical (unpaired) electrons. The number of benzene rings is 1. The average molecular weight is 262 g/mol. The van der Waals surface area contributed by atoms with Gasteiger partial charge in [0.2, 0.25) is 0 Å². The van der Waals surface area contributed by atoms with Crippen LogP contribution in [0.15, 0.2) is 30.9 Å². The Kier molecular flexibility index (Phi) is 3.85. The highest BCUT2D eigenvalue weighted by Gasteiger charge is 2.23. The normalized spacial score (nSPS) is 13.8. The molecule has 0 aliphatic rings. The average Bonchev–Trinajstić information content (AvgIpc) is 2.89. The van der Waals surface area contributed by atoms with Gasteiger partial charge in [0.15, 0.2) is 0 Å². The highest BCUT2D eigenvalue weighted by Crippen LogP contribution is 2.28. The maximum atomic E-state index is 13.8. The first-order chi connectivity index (χ1) is 9.11. The number of halogens is 2. The Balaban J connectivity index is 2.35. The maximum absolute atomic E-state index is 13.8. The third kappa shape index (κ3) is 2.94. The highest BCUT2D eigenvalue weighted by molar-refractivity contribution is 5.24. The van der Waals surface area contributed by atoms with Gasteiger partial charge < -0.3 is 0 Å². The number of aromatic nitrogens is 3. The molecular weight excluding hydrogens is 250 g/mol. The molecule has 1 aromatic heterocycles. The molecule has 98 valence electrons. The Hall–Kier alpha value is -2.29. The zero-order valence-corrected chi connectivity index (χ0v) is 10.3. The fourth-order valence-corrected chi connectivity index (χ4v) is 1.95. The molecule has 2 aromatic rings. The minimum Gasteiger partial charge on any atom is -0.252 e. The molecule has 0 unspecified atom stereocenters. The van der Waals surface area contributed by atoms with Crippen molar-refractivity contribution in [3.8, 4) is 6.07 Å². The lowest BCUT2D eigenvalue weighted by Gasteiger charge is -2.20. The second kappa shape index (κ2) is 5.57. The summed E-state index contributed by atoms with van der Waals surface area (Å²) in [6, 6.07) is 5.49. The van der Waals surface area contributed by atoms with Crippen LogP contribution in [0.4, 0.5) is 8.78 Å². The van der Waals surface area contributed by atoms with Crippen molar-refractivity contribution in [3.05, 3.63) is 48.1 Å². The van der Waals surface area contributed by atoms with Crippen molar-refractivity contribution in [2.75, 3.05) is 0 Å². The number of hydrogen-bond acceptors (Lipinski definition) is 3. The summed E-state index contributed by atoms with van der Waals surface area (Å²) in [5, 5.41) is 13.0.